The van der Waals surface area contributed by atoms with E-state index in [1.54, 1.807) is 6.33 Å². The Morgan fingerprint density at radius 3 is 2.74 bits per heavy atom. The molecule has 1 saturated carbocycles. The summed E-state index contributed by atoms with van der Waals surface area (Å²) in [5.74, 6) is 0.555. The van der Waals surface area contributed by atoms with E-state index in [2.05, 4.69) is 63.7 Å². The third kappa shape index (κ3) is 3.23. The lowest BCUT2D eigenvalue weighted by molar-refractivity contribution is 0.329. The summed E-state index contributed by atoms with van der Waals surface area (Å²) < 4.78 is 4.18. The largest absolute Gasteiger partial charge is 0.327 e. The summed E-state index contributed by atoms with van der Waals surface area (Å²) >= 11 is 0. The number of nitrogens with zero attached hydrogens (tertiary/aromatic N) is 6. The molecule has 0 radical (unpaired) electrons. The van der Waals surface area contributed by atoms with Crippen LogP contribution in [0, 0.1) is 12.5 Å². The van der Waals surface area contributed by atoms with Gasteiger partial charge in [-0.2, -0.15) is 5.10 Å². The highest BCUT2D eigenvalue weighted by atomic mass is 15.3. The normalized spacial score (nSPS) is 16.7. The zero-order chi connectivity index (χ0) is 19.0. The second kappa shape index (κ2) is 6.80. The van der Waals surface area contributed by atoms with Gasteiger partial charge in [0.2, 0.25) is 6.54 Å². The minimum atomic E-state index is -0.0409. The Bertz CT molecular complexity index is 978. The first-order chi connectivity index (χ1) is 13.0. The van der Waals surface area contributed by atoms with Gasteiger partial charge in [-0.05, 0) is 45.6 Å². The molecule has 0 spiro atoms. The van der Waals surface area contributed by atoms with Crippen LogP contribution in [0.15, 0.2) is 31.0 Å². The molecular formula is C21H26N6. The monoisotopic (exact) mass is 362 g/mol. The summed E-state index contributed by atoms with van der Waals surface area (Å²) in [4.78, 5) is 12.7. The molecule has 0 saturated heterocycles. The van der Waals surface area contributed by atoms with Crippen molar-refractivity contribution < 1.29 is 0 Å². The predicted octanol–water partition coefficient (Wildman–Crippen LogP) is 4.70. The van der Waals surface area contributed by atoms with Crippen molar-refractivity contribution >= 4 is 11.0 Å². The Kier molecular flexibility index (Phi) is 4.47. The highest BCUT2D eigenvalue weighted by molar-refractivity contribution is 5.90. The van der Waals surface area contributed by atoms with Crippen LogP contribution in [-0.2, 0) is 5.54 Å². The van der Waals surface area contributed by atoms with E-state index >= 15 is 0 Å². The van der Waals surface area contributed by atoms with Gasteiger partial charge in [0.05, 0.1) is 11.9 Å². The lowest BCUT2D eigenvalue weighted by atomic mass is 9.98. The van der Waals surface area contributed by atoms with Crippen LogP contribution in [-0.4, -0.2) is 30.9 Å². The van der Waals surface area contributed by atoms with Crippen molar-refractivity contribution in [3.8, 4) is 11.3 Å². The summed E-state index contributed by atoms with van der Waals surface area (Å²) in [5, 5.41) is 5.66. The summed E-state index contributed by atoms with van der Waals surface area (Å²) in [5.41, 5.74) is 2.79. The SMILES string of the molecule is [C-]#[N+]C[C@H](C1CCCC1)n1cc(-c2ncnc3c2ccn3C(C)(C)C)cn1. The third-order valence-electron chi connectivity index (χ3n) is 5.64. The Morgan fingerprint density at radius 2 is 2.04 bits per heavy atom. The minimum absolute atomic E-state index is 0.0409. The van der Waals surface area contributed by atoms with Gasteiger partial charge in [-0.3, -0.25) is 4.68 Å². The predicted molar refractivity (Wildman–Crippen MR) is 106 cm³/mol. The number of fused-ring (bicyclic) bond motifs is 1. The molecule has 6 nitrogen and oxygen atoms in total. The molecular weight excluding hydrogens is 336 g/mol. The second-order valence-electron chi connectivity index (χ2n) is 8.48. The topological polar surface area (TPSA) is 52.9 Å². The van der Waals surface area contributed by atoms with Crippen LogP contribution in [0.5, 0.6) is 0 Å². The standard InChI is InChI=1S/C21H26N6/c1-21(2,3)26-10-9-17-19(23-14-24-20(17)26)16-11-25-27(13-16)18(12-22-4)15-7-5-6-8-15/h9-11,13-15,18H,5-8,12H2,1-3H3/t18-/m1/s1. The molecule has 1 aliphatic carbocycles. The van der Waals surface area contributed by atoms with Gasteiger partial charge in [0.1, 0.15) is 18.0 Å². The number of hydrogen-bond acceptors (Lipinski definition) is 3. The zero-order valence-corrected chi connectivity index (χ0v) is 16.3. The summed E-state index contributed by atoms with van der Waals surface area (Å²) in [6.07, 6.45) is 12.6. The Labute approximate surface area is 160 Å². The van der Waals surface area contributed by atoms with Gasteiger partial charge in [-0.25, -0.2) is 16.5 Å². The fraction of sp³-hybridized carbons (Fsp3) is 0.524. The Balaban J connectivity index is 1.73. The molecule has 0 amide bonds. The molecule has 1 atom stereocenters. The van der Waals surface area contributed by atoms with E-state index in [4.69, 9.17) is 6.57 Å². The van der Waals surface area contributed by atoms with Gasteiger partial charge in [0.15, 0.2) is 0 Å². The quantitative estimate of drug-likeness (QED) is 0.632. The molecule has 6 heteroatoms. The number of rotatable bonds is 4. The molecule has 0 unspecified atom stereocenters. The molecule has 0 bridgehead atoms. The van der Waals surface area contributed by atoms with Crippen LogP contribution in [0.4, 0.5) is 0 Å². The smallest absolute Gasteiger partial charge is 0.237 e. The van der Waals surface area contributed by atoms with Gasteiger partial charge in [-0.1, -0.05) is 12.8 Å². The summed E-state index contributed by atoms with van der Waals surface area (Å²) in [7, 11) is 0. The molecule has 3 heterocycles. The van der Waals surface area contributed by atoms with Crippen molar-refractivity contribution in [2.24, 2.45) is 5.92 Å². The van der Waals surface area contributed by atoms with Crippen molar-refractivity contribution in [2.75, 3.05) is 6.54 Å². The van der Waals surface area contributed by atoms with E-state index in [9.17, 15) is 0 Å². The van der Waals surface area contributed by atoms with Crippen molar-refractivity contribution in [3.63, 3.8) is 0 Å². The minimum Gasteiger partial charge on any atom is -0.327 e. The van der Waals surface area contributed by atoms with Crippen LogP contribution in [0.2, 0.25) is 0 Å². The fourth-order valence-electron chi connectivity index (χ4n) is 4.25. The maximum Gasteiger partial charge on any atom is 0.237 e. The molecule has 1 aliphatic rings. The Morgan fingerprint density at radius 1 is 1.26 bits per heavy atom. The lowest BCUT2D eigenvalue weighted by Gasteiger charge is -2.21. The first kappa shape index (κ1) is 17.7. The molecule has 140 valence electrons. The molecule has 1 fully saturated rings. The first-order valence-electron chi connectivity index (χ1n) is 9.69. The zero-order valence-electron chi connectivity index (χ0n) is 16.3. The maximum atomic E-state index is 7.35. The van der Waals surface area contributed by atoms with Crippen molar-refractivity contribution in [2.45, 2.75) is 58.0 Å². The number of hydrogen-bond donors (Lipinski definition) is 0. The summed E-state index contributed by atoms with van der Waals surface area (Å²) in [6, 6.07) is 2.25. The van der Waals surface area contributed by atoms with E-state index < -0.39 is 0 Å². The maximum absolute atomic E-state index is 7.35. The fourth-order valence-corrected chi connectivity index (χ4v) is 4.25. The molecule has 3 aromatic rings. The molecule has 0 N–H and O–H groups in total. The van der Waals surface area contributed by atoms with Crippen molar-refractivity contribution in [1.82, 2.24) is 24.3 Å². The lowest BCUT2D eigenvalue weighted by Crippen LogP contribution is -2.20. The van der Waals surface area contributed by atoms with Gasteiger partial charge in [0, 0.05) is 28.9 Å². The second-order valence-corrected chi connectivity index (χ2v) is 8.48. The average Bonchev–Trinajstić information content (AvgIpc) is 3.38. The number of aromatic nitrogens is 5. The van der Waals surface area contributed by atoms with E-state index in [0.717, 1.165) is 22.3 Å². The Hall–Kier alpha value is -2.68. The van der Waals surface area contributed by atoms with Crippen LogP contribution in [0.3, 0.4) is 0 Å². The van der Waals surface area contributed by atoms with Gasteiger partial charge in [0.25, 0.3) is 0 Å². The van der Waals surface area contributed by atoms with Crippen LogP contribution < -0.4 is 0 Å². The third-order valence-corrected chi connectivity index (χ3v) is 5.64. The molecule has 4 rings (SSSR count). The molecule has 3 aromatic heterocycles. The van der Waals surface area contributed by atoms with Crippen LogP contribution in [0.25, 0.3) is 27.1 Å². The van der Waals surface area contributed by atoms with E-state index in [1.165, 1.54) is 25.7 Å². The molecule has 0 aromatic carbocycles. The van der Waals surface area contributed by atoms with E-state index in [-0.39, 0.29) is 11.6 Å². The van der Waals surface area contributed by atoms with Crippen LogP contribution in [0.1, 0.15) is 52.5 Å². The van der Waals surface area contributed by atoms with Crippen LogP contribution >= 0.6 is 0 Å². The molecule has 27 heavy (non-hydrogen) atoms. The van der Waals surface area contributed by atoms with Crippen molar-refractivity contribution in [1.29, 1.82) is 0 Å². The van der Waals surface area contributed by atoms with E-state index in [0.29, 0.717) is 12.5 Å². The van der Waals surface area contributed by atoms with Gasteiger partial charge >= 0.3 is 0 Å². The highest BCUT2D eigenvalue weighted by Gasteiger charge is 2.29. The first-order valence-corrected chi connectivity index (χ1v) is 9.69. The summed E-state index contributed by atoms with van der Waals surface area (Å²) in [6.45, 7) is 14.3. The van der Waals surface area contributed by atoms with Gasteiger partial charge < -0.3 is 9.41 Å². The van der Waals surface area contributed by atoms with E-state index in [1.807, 2.05) is 10.9 Å². The highest BCUT2D eigenvalue weighted by Crippen LogP contribution is 2.35. The van der Waals surface area contributed by atoms with Gasteiger partial charge in [-0.15, -0.1) is 0 Å². The van der Waals surface area contributed by atoms with Crippen molar-refractivity contribution in [3.05, 3.63) is 42.4 Å². The average molecular weight is 362 g/mol. The molecule has 0 aliphatic heterocycles.